The van der Waals surface area contributed by atoms with E-state index in [4.69, 9.17) is 0 Å². The summed E-state index contributed by atoms with van der Waals surface area (Å²) >= 11 is 0. The van der Waals surface area contributed by atoms with Crippen molar-refractivity contribution in [1.29, 1.82) is 0 Å². The van der Waals surface area contributed by atoms with Gasteiger partial charge >= 0.3 is 0 Å². The Balaban J connectivity index is 1.38. The second-order valence-electron chi connectivity index (χ2n) is 7.50. The van der Waals surface area contributed by atoms with Crippen molar-refractivity contribution in [3.63, 3.8) is 0 Å². The van der Waals surface area contributed by atoms with Crippen LogP contribution in [0.3, 0.4) is 0 Å². The van der Waals surface area contributed by atoms with Gasteiger partial charge in [-0.25, -0.2) is 9.67 Å². The Kier molecular flexibility index (Phi) is 4.90. The van der Waals surface area contributed by atoms with Crippen LogP contribution in [0.25, 0.3) is 11.0 Å². The summed E-state index contributed by atoms with van der Waals surface area (Å²) < 4.78 is 1.87. The molecular weight excluding hydrogens is 338 g/mol. The van der Waals surface area contributed by atoms with E-state index >= 15 is 0 Å². The quantitative estimate of drug-likeness (QED) is 0.757. The molecule has 27 heavy (non-hydrogen) atoms. The first-order chi connectivity index (χ1) is 13.1. The van der Waals surface area contributed by atoms with Gasteiger partial charge in [0.05, 0.1) is 11.8 Å². The highest BCUT2D eigenvalue weighted by molar-refractivity contribution is 5.97. The molecule has 3 heterocycles. The number of amides is 1. The third-order valence-electron chi connectivity index (χ3n) is 5.04. The predicted octanol–water partition coefficient (Wildman–Crippen LogP) is 3.02. The molecule has 0 aliphatic carbocycles. The highest BCUT2D eigenvalue weighted by Crippen LogP contribution is 2.18. The first-order valence-corrected chi connectivity index (χ1v) is 9.50. The largest absolute Gasteiger partial charge is 0.348 e. The lowest BCUT2D eigenvalue weighted by Gasteiger charge is -2.17. The van der Waals surface area contributed by atoms with Gasteiger partial charge in [0.1, 0.15) is 0 Å². The highest BCUT2D eigenvalue weighted by Gasteiger charge is 2.24. The number of hydrogen-bond acceptors (Lipinski definition) is 4. The summed E-state index contributed by atoms with van der Waals surface area (Å²) in [7, 11) is 0. The summed E-state index contributed by atoms with van der Waals surface area (Å²) in [6.45, 7) is 6.93. The van der Waals surface area contributed by atoms with E-state index in [-0.39, 0.29) is 18.0 Å². The Morgan fingerprint density at radius 1 is 1.26 bits per heavy atom. The maximum atomic E-state index is 12.7. The molecule has 1 saturated heterocycles. The number of benzene rings is 1. The zero-order chi connectivity index (χ0) is 18.8. The average molecular weight is 363 g/mol. The van der Waals surface area contributed by atoms with E-state index in [1.807, 2.05) is 16.8 Å². The summed E-state index contributed by atoms with van der Waals surface area (Å²) in [5.74, 6) is -0.0618. The second-order valence-corrected chi connectivity index (χ2v) is 7.50. The number of fused-ring (bicyclic) bond motifs is 1. The number of rotatable bonds is 5. The van der Waals surface area contributed by atoms with Crippen LogP contribution < -0.4 is 5.32 Å². The molecule has 1 unspecified atom stereocenters. The van der Waals surface area contributed by atoms with E-state index in [0.717, 1.165) is 37.1 Å². The van der Waals surface area contributed by atoms with Crippen LogP contribution in [-0.2, 0) is 6.54 Å². The Bertz CT molecular complexity index is 934. The minimum Gasteiger partial charge on any atom is -0.348 e. The van der Waals surface area contributed by atoms with Gasteiger partial charge in [0.15, 0.2) is 5.65 Å². The molecule has 1 N–H and O–H groups in total. The number of carbonyl (C=O) groups is 1. The SMILES string of the molecule is CC(C)n1ncc2cc(C(=O)NC3CCN(Cc4ccccc4)C3)cnc21. The molecule has 1 atom stereocenters. The maximum Gasteiger partial charge on any atom is 0.253 e. The molecule has 1 aliphatic rings. The Labute approximate surface area is 159 Å². The monoisotopic (exact) mass is 363 g/mol. The molecule has 0 spiro atoms. The molecule has 2 aromatic heterocycles. The molecule has 0 saturated carbocycles. The third kappa shape index (κ3) is 3.85. The van der Waals surface area contributed by atoms with Crippen LogP contribution in [0, 0.1) is 0 Å². The lowest BCUT2D eigenvalue weighted by atomic mass is 10.2. The molecule has 1 fully saturated rings. The first-order valence-electron chi connectivity index (χ1n) is 9.50. The van der Waals surface area contributed by atoms with Gasteiger partial charge in [-0.15, -0.1) is 0 Å². The standard InChI is InChI=1S/C21H25N5O/c1-15(2)26-20-17(12-23-26)10-18(11-22-20)21(27)24-19-8-9-25(14-19)13-16-6-4-3-5-7-16/h3-7,10-12,15,19H,8-9,13-14H2,1-2H3,(H,24,27). The fourth-order valence-electron chi connectivity index (χ4n) is 3.65. The second kappa shape index (κ2) is 7.48. The maximum absolute atomic E-state index is 12.7. The van der Waals surface area contributed by atoms with Crippen LogP contribution in [0.2, 0.25) is 0 Å². The van der Waals surface area contributed by atoms with Gasteiger partial charge in [0, 0.05) is 43.3 Å². The van der Waals surface area contributed by atoms with Crippen molar-refractivity contribution in [3.8, 4) is 0 Å². The van der Waals surface area contributed by atoms with E-state index in [1.165, 1.54) is 5.56 Å². The van der Waals surface area contributed by atoms with Crippen LogP contribution in [0.1, 0.15) is 42.2 Å². The van der Waals surface area contributed by atoms with Gasteiger partial charge in [0.2, 0.25) is 0 Å². The molecule has 1 aliphatic heterocycles. The normalized spacial score (nSPS) is 17.7. The molecule has 6 heteroatoms. The Hall–Kier alpha value is -2.73. The topological polar surface area (TPSA) is 63.1 Å². The summed E-state index contributed by atoms with van der Waals surface area (Å²) in [5.41, 5.74) is 2.71. The van der Waals surface area contributed by atoms with Crippen molar-refractivity contribution in [2.75, 3.05) is 13.1 Å². The van der Waals surface area contributed by atoms with Gasteiger partial charge in [0.25, 0.3) is 5.91 Å². The molecule has 0 radical (unpaired) electrons. The number of hydrogen-bond donors (Lipinski definition) is 1. The lowest BCUT2D eigenvalue weighted by Crippen LogP contribution is -2.37. The average Bonchev–Trinajstić information content (AvgIpc) is 3.28. The summed E-state index contributed by atoms with van der Waals surface area (Å²) in [5, 5.41) is 8.42. The summed E-state index contributed by atoms with van der Waals surface area (Å²) in [4.78, 5) is 19.5. The van der Waals surface area contributed by atoms with E-state index in [1.54, 1.807) is 12.4 Å². The van der Waals surface area contributed by atoms with Crippen LogP contribution >= 0.6 is 0 Å². The van der Waals surface area contributed by atoms with Crippen molar-refractivity contribution in [1.82, 2.24) is 25.0 Å². The third-order valence-corrected chi connectivity index (χ3v) is 5.04. The zero-order valence-corrected chi connectivity index (χ0v) is 15.8. The van der Waals surface area contributed by atoms with Crippen molar-refractivity contribution < 1.29 is 4.79 Å². The minimum atomic E-state index is -0.0618. The van der Waals surface area contributed by atoms with E-state index < -0.39 is 0 Å². The fourth-order valence-corrected chi connectivity index (χ4v) is 3.65. The Morgan fingerprint density at radius 2 is 2.07 bits per heavy atom. The fraction of sp³-hybridized carbons (Fsp3) is 0.381. The molecule has 4 rings (SSSR count). The van der Waals surface area contributed by atoms with Gasteiger partial charge in [-0.1, -0.05) is 30.3 Å². The molecule has 1 amide bonds. The molecule has 1 aromatic carbocycles. The smallest absolute Gasteiger partial charge is 0.253 e. The van der Waals surface area contributed by atoms with Crippen LogP contribution in [0.5, 0.6) is 0 Å². The molecule has 6 nitrogen and oxygen atoms in total. The number of pyridine rings is 1. The van der Waals surface area contributed by atoms with Crippen molar-refractivity contribution in [3.05, 3.63) is 59.9 Å². The first kappa shape index (κ1) is 17.7. The number of nitrogens with zero attached hydrogens (tertiary/aromatic N) is 4. The number of likely N-dealkylation sites (tertiary alicyclic amines) is 1. The Morgan fingerprint density at radius 3 is 2.85 bits per heavy atom. The molecule has 140 valence electrons. The summed E-state index contributed by atoms with van der Waals surface area (Å²) in [6.07, 6.45) is 4.39. The van der Waals surface area contributed by atoms with E-state index in [0.29, 0.717) is 5.56 Å². The number of nitrogens with one attached hydrogen (secondary N) is 1. The molecule has 3 aromatic rings. The minimum absolute atomic E-state index is 0.0618. The highest BCUT2D eigenvalue weighted by atomic mass is 16.1. The van der Waals surface area contributed by atoms with Crippen molar-refractivity contribution in [2.45, 2.75) is 38.9 Å². The van der Waals surface area contributed by atoms with Gasteiger partial charge in [-0.2, -0.15) is 5.10 Å². The van der Waals surface area contributed by atoms with E-state index in [2.05, 4.69) is 58.4 Å². The molecular formula is C21H25N5O. The van der Waals surface area contributed by atoms with Crippen LogP contribution in [-0.4, -0.2) is 44.7 Å². The lowest BCUT2D eigenvalue weighted by molar-refractivity contribution is 0.0937. The molecule has 0 bridgehead atoms. The number of carbonyl (C=O) groups excluding carboxylic acids is 1. The van der Waals surface area contributed by atoms with Gasteiger partial charge in [-0.3, -0.25) is 9.69 Å². The number of aromatic nitrogens is 3. The zero-order valence-electron chi connectivity index (χ0n) is 15.8. The van der Waals surface area contributed by atoms with Gasteiger partial charge < -0.3 is 5.32 Å². The summed E-state index contributed by atoms with van der Waals surface area (Å²) in [6, 6.07) is 12.7. The van der Waals surface area contributed by atoms with Crippen LogP contribution in [0.15, 0.2) is 48.8 Å². The van der Waals surface area contributed by atoms with Crippen molar-refractivity contribution >= 4 is 16.9 Å². The van der Waals surface area contributed by atoms with Crippen LogP contribution in [0.4, 0.5) is 0 Å². The van der Waals surface area contributed by atoms with E-state index in [9.17, 15) is 4.79 Å². The van der Waals surface area contributed by atoms with Gasteiger partial charge in [-0.05, 0) is 31.9 Å². The predicted molar refractivity (Wildman–Crippen MR) is 106 cm³/mol. The van der Waals surface area contributed by atoms with Crippen molar-refractivity contribution in [2.24, 2.45) is 0 Å².